The van der Waals surface area contributed by atoms with Crippen LogP contribution in [0, 0.1) is 0 Å². The summed E-state index contributed by atoms with van der Waals surface area (Å²) in [5.41, 5.74) is 0. The molecular formula is C13H15N3O4S. The van der Waals surface area contributed by atoms with Gasteiger partial charge in [0.05, 0.1) is 11.4 Å². The fourth-order valence-electron chi connectivity index (χ4n) is 2.09. The van der Waals surface area contributed by atoms with Gasteiger partial charge in [-0.15, -0.1) is 0 Å². The van der Waals surface area contributed by atoms with Crippen molar-refractivity contribution in [2.45, 2.75) is 30.4 Å². The van der Waals surface area contributed by atoms with Crippen molar-refractivity contribution < 1.29 is 17.7 Å². The Morgan fingerprint density at radius 1 is 1.29 bits per heavy atom. The number of hydrogen-bond acceptors (Lipinski definition) is 6. The first-order valence-corrected chi connectivity index (χ1v) is 8.12. The van der Waals surface area contributed by atoms with Crippen LogP contribution in [0.15, 0.2) is 39.8 Å². The quantitative estimate of drug-likeness (QED) is 0.897. The monoisotopic (exact) mass is 309 g/mol. The Labute approximate surface area is 122 Å². The molecular weight excluding hydrogens is 294 g/mol. The molecule has 0 amide bonds. The van der Waals surface area contributed by atoms with Crippen LogP contribution < -0.4 is 4.72 Å². The predicted octanol–water partition coefficient (Wildman–Crippen LogP) is 1.40. The second-order valence-electron chi connectivity index (χ2n) is 4.69. The van der Waals surface area contributed by atoms with Crippen molar-refractivity contribution in [2.75, 3.05) is 6.61 Å². The van der Waals surface area contributed by atoms with Crippen LogP contribution in [0.2, 0.25) is 0 Å². The van der Waals surface area contributed by atoms with E-state index in [9.17, 15) is 8.42 Å². The summed E-state index contributed by atoms with van der Waals surface area (Å²) in [6, 6.07) is 8.13. The van der Waals surface area contributed by atoms with E-state index in [1.165, 1.54) is 12.1 Å². The van der Waals surface area contributed by atoms with Gasteiger partial charge in [-0.3, -0.25) is 0 Å². The van der Waals surface area contributed by atoms with Crippen LogP contribution >= 0.6 is 0 Å². The highest BCUT2D eigenvalue weighted by Gasteiger charge is 2.24. The Balaban J connectivity index is 1.65. The highest BCUT2D eigenvalue weighted by Crippen LogP contribution is 2.26. The van der Waals surface area contributed by atoms with Crippen molar-refractivity contribution in [2.24, 2.45) is 0 Å². The van der Waals surface area contributed by atoms with Gasteiger partial charge >= 0.3 is 0 Å². The molecule has 0 radical (unpaired) electrons. The van der Waals surface area contributed by atoms with Gasteiger partial charge in [-0.25, -0.2) is 13.1 Å². The second kappa shape index (κ2) is 5.92. The summed E-state index contributed by atoms with van der Waals surface area (Å²) >= 11 is 0. The molecule has 1 aromatic carbocycles. The normalized spacial score (nSPS) is 19.0. The zero-order valence-corrected chi connectivity index (χ0v) is 12.0. The van der Waals surface area contributed by atoms with E-state index in [4.69, 9.17) is 9.26 Å². The summed E-state index contributed by atoms with van der Waals surface area (Å²) in [5.74, 6) is 0.696. The van der Waals surface area contributed by atoms with E-state index in [0.717, 1.165) is 12.8 Å². The lowest BCUT2D eigenvalue weighted by Crippen LogP contribution is -2.23. The first-order valence-electron chi connectivity index (χ1n) is 6.64. The molecule has 1 N–H and O–H groups in total. The molecule has 7 nitrogen and oxygen atoms in total. The van der Waals surface area contributed by atoms with E-state index in [-0.39, 0.29) is 17.5 Å². The Hall–Kier alpha value is -1.77. The molecule has 21 heavy (non-hydrogen) atoms. The molecule has 0 aliphatic carbocycles. The summed E-state index contributed by atoms with van der Waals surface area (Å²) in [6.45, 7) is 0.663. The van der Waals surface area contributed by atoms with Crippen LogP contribution in [0.25, 0.3) is 0 Å². The number of benzene rings is 1. The maximum absolute atomic E-state index is 12.0. The number of aromatic nitrogens is 2. The standard InChI is InChI=1S/C13H15N3O4S/c17-21(18,10-5-2-1-3-6-10)14-9-12-15-13(20-16-12)11-7-4-8-19-11/h1-3,5-6,11,14H,4,7-9H2/t11-/m0/s1. The third kappa shape index (κ3) is 3.29. The maximum Gasteiger partial charge on any atom is 0.255 e. The summed E-state index contributed by atoms with van der Waals surface area (Å²) in [5, 5.41) is 3.76. The van der Waals surface area contributed by atoms with Crippen LogP contribution in [0.5, 0.6) is 0 Å². The van der Waals surface area contributed by atoms with E-state index in [1.807, 2.05) is 0 Å². The van der Waals surface area contributed by atoms with Crippen LogP contribution in [-0.2, 0) is 21.3 Å². The smallest absolute Gasteiger partial charge is 0.255 e. The van der Waals surface area contributed by atoms with Crippen molar-refractivity contribution in [1.82, 2.24) is 14.9 Å². The highest BCUT2D eigenvalue weighted by atomic mass is 32.2. The van der Waals surface area contributed by atoms with Crippen molar-refractivity contribution in [3.8, 4) is 0 Å². The van der Waals surface area contributed by atoms with Gasteiger partial charge in [0.1, 0.15) is 6.10 Å². The molecule has 2 heterocycles. The van der Waals surface area contributed by atoms with E-state index >= 15 is 0 Å². The molecule has 1 atom stereocenters. The Morgan fingerprint density at radius 2 is 2.10 bits per heavy atom. The molecule has 1 aliphatic rings. The van der Waals surface area contributed by atoms with Crippen LogP contribution in [0.1, 0.15) is 30.7 Å². The number of nitrogens with zero attached hydrogens (tertiary/aromatic N) is 2. The van der Waals surface area contributed by atoms with E-state index in [1.54, 1.807) is 18.2 Å². The Bertz CT molecular complexity index is 693. The summed E-state index contributed by atoms with van der Waals surface area (Å²) in [4.78, 5) is 4.36. The van der Waals surface area contributed by atoms with Crippen molar-refractivity contribution in [1.29, 1.82) is 0 Å². The number of nitrogens with one attached hydrogen (secondary N) is 1. The molecule has 0 saturated carbocycles. The van der Waals surface area contributed by atoms with Gasteiger partial charge in [0.15, 0.2) is 5.82 Å². The lowest BCUT2D eigenvalue weighted by Gasteiger charge is -2.04. The largest absolute Gasteiger partial charge is 0.368 e. The van der Waals surface area contributed by atoms with Gasteiger partial charge in [-0.05, 0) is 25.0 Å². The van der Waals surface area contributed by atoms with E-state index in [2.05, 4.69) is 14.9 Å². The Kier molecular flexibility index (Phi) is 4.00. The zero-order valence-electron chi connectivity index (χ0n) is 11.2. The molecule has 1 fully saturated rings. The first kappa shape index (κ1) is 14.2. The van der Waals surface area contributed by atoms with Crippen LogP contribution in [-0.4, -0.2) is 25.2 Å². The molecule has 0 unspecified atom stereocenters. The molecule has 1 aliphatic heterocycles. The molecule has 112 valence electrons. The fourth-order valence-corrected chi connectivity index (χ4v) is 3.09. The van der Waals surface area contributed by atoms with Crippen molar-refractivity contribution >= 4 is 10.0 Å². The van der Waals surface area contributed by atoms with Gasteiger partial charge in [0, 0.05) is 6.61 Å². The van der Waals surface area contributed by atoms with Gasteiger partial charge in [-0.1, -0.05) is 23.4 Å². The Morgan fingerprint density at radius 3 is 2.81 bits per heavy atom. The number of sulfonamides is 1. The van der Waals surface area contributed by atoms with E-state index in [0.29, 0.717) is 18.3 Å². The van der Waals surface area contributed by atoms with E-state index < -0.39 is 10.0 Å². The van der Waals surface area contributed by atoms with Gasteiger partial charge in [0.25, 0.3) is 5.89 Å². The SMILES string of the molecule is O=S(=O)(NCc1noc([C@@H]2CCCO2)n1)c1ccccc1. The number of rotatable bonds is 5. The van der Waals surface area contributed by atoms with Gasteiger partial charge < -0.3 is 9.26 Å². The minimum atomic E-state index is -3.57. The minimum Gasteiger partial charge on any atom is -0.368 e. The lowest BCUT2D eigenvalue weighted by molar-refractivity contribution is 0.0835. The average Bonchev–Trinajstić information content (AvgIpc) is 3.17. The number of ether oxygens (including phenoxy) is 1. The maximum atomic E-state index is 12.0. The second-order valence-corrected chi connectivity index (χ2v) is 6.46. The average molecular weight is 309 g/mol. The van der Waals surface area contributed by atoms with Crippen LogP contribution in [0.4, 0.5) is 0 Å². The molecule has 3 rings (SSSR count). The predicted molar refractivity (Wildman–Crippen MR) is 72.7 cm³/mol. The van der Waals surface area contributed by atoms with Crippen molar-refractivity contribution in [3.63, 3.8) is 0 Å². The molecule has 2 aromatic rings. The summed E-state index contributed by atoms with van der Waals surface area (Å²) in [7, 11) is -3.57. The highest BCUT2D eigenvalue weighted by molar-refractivity contribution is 7.89. The molecule has 1 saturated heterocycles. The topological polar surface area (TPSA) is 94.3 Å². The van der Waals surface area contributed by atoms with Crippen LogP contribution in [0.3, 0.4) is 0 Å². The molecule has 0 spiro atoms. The lowest BCUT2D eigenvalue weighted by atomic mass is 10.2. The zero-order chi connectivity index (χ0) is 14.7. The first-order chi connectivity index (χ1) is 10.1. The minimum absolute atomic E-state index is 0.0204. The van der Waals surface area contributed by atoms with Gasteiger partial charge in [-0.2, -0.15) is 4.98 Å². The molecule has 8 heteroatoms. The molecule has 0 bridgehead atoms. The third-order valence-corrected chi connectivity index (χ3v) is 4.58. The molecule has 1 aromatic heterocycles. The summed E-state index contributed by atoms with van der Waals surface area (Å²) < 4.78 is 37.1. The number of hydrogen-bond donors (Lipinski definition) is 1. The van der Waals surface area contributed by atoms with Gasteiger partial charge in [0.2, 0.25) is 10.0 Å². The third-order valence-electron chi connectivity index (χ3n) is 3.16. The van der Waals surface area contributed by atoms with Crippen molar-refractivity contribution in [3.05, 3.63) is 42.0 Å². The summed E-state index contributed by atoms with van der Waals surface area (Å²) in [6.07, 6.45) is 1.64. The fraction of sp³-hybridized carbons (Fsp3) is 0.385.